The lowest BCUT2D eigenvalue weighted by Crippen LogP contribution is -2.54. The molecule has 2 rings (SSSR count). The molecule has 0 saturated carbocycles. The lowest BCUT2D eigenvalue weighted by Gasteiger charge is -2.45. The first kappa shape index (κ1) is 16.5. The van der Waals surface area contributed by atoms with Crippen LogP contribution >= 0.6 is 0 Å². The molecule has 1 aliphatic heterocycles. The summed E-state index contributed by atoms with van der Waals surface area (Å²) in [7, 11) is 0. The van der Waals surface area contributed by atoms with E-state index in [0.717, 1.165) is 26.0 Å². The van der Waals surface area contributed by atoms with Crippen molar-refractivity contribution >= 4 is 0 Å². The Kier molecular flexibility index (Phi) is 5.80. The number of aryl methyl sites for hydroxylation is 1. The number of hydrogen-bond acceptors (Lipinski definition) is 3. The highest BCUT2D eigenvalue weighted by atomic mass is 16.5. The highest BCUT2D eigenvalue weighted by Gasteiger charge is 2.35. The quantitative estimate of drug-likeness (QED) is 0.904. The zero-order valence-corrected chi connectivity index (χ0v) is 13.9. The van der Waals surface area contributed by atoms with E-state index in [2.05, 4.69) is 56.9 Å². The molecule has 3 nitrogen and oxygen atoms in total. The standard InChI is InChI=1S/C18H30N2O/c1-5-15-12-21-14(4)11-20(15)18(17(19)6-2)16-10-8-7-9-13(16)3/h7-10,14-15,17-18H,5-6,11-12,19H2,1-4H3. The Balaban J connectivity index is 2.37. The van der Waals surface area contributed by atoms with Crippen LogP contribution < -0.4 is 5.73 Å². The number of hydrogen-bond donors (Lipinski definition) is 1. The van der Waals surface area contributed by atoms with Crippen LogP contribution in [0.25, 0.3) is 0 Å². The molecule has 1 fully saturated rings. The number of benzene rings is 1. The van der Waals surface area contributed by atoms with Crippen LogP contribution in [0.2, 0.25) is 0 Å². The SMILES string of the molecule is CCC(N)C(c1ccccc1C)N1CC(C)OCC1CC. The predicted octanol–water partition coefficient (Wildman–Crippen LogP) is 3.27. The monoisotopic (exact) mass is 290 g/mol. The van der Waals surface area contributed by atoms with Crippen molar-refractivity contribution in [3.05, 3.63) is 35.4 Å². The smallest absolute Gasteiger partial charge is 0.0675 e. The molecule has 0 aromatic heterocycles. The van der Waals surface area contributed by atoms with Gasteiger partial charge in [-0.1, -0.05) is 38.1 Å². The Hall–Kier alpha value is -0.900. The molecule has 1 aromatic rings. The molecule has 0 amide bonds. The molecule has 4 unspecified atom stereocenters. The van der Waals surface area contributed by atoms with Crippen molar-refractivity contribution in [2.24, 2.45) is 5.73 Å². The summed E-state index contributed by atoms with van der Waals surface area (Å²) in [5.41, 5.74) is 9.24. The minimum atomic E-state index is 0.158. The van der Waals surface area contributed by atoms with Crippen molar-refractivity contribution in [3.8, 4) is 0 Å². The minimum absolute atomic E-state index is 0.158. The lowest BCUT2D eigenvalue weighted by molar-refractivity contribution is -0.0772. The molecule has 21 heavy (non-hydrogen) atoms. The van der Waals surface area contributed by atoms with Crippen molar-refractivity contribution in [2.45, 2.75) is 64.8 Å². The molecule has 0 spiro atoms. The van der Waals surface area contributed by atoms with Crippen molar-refractivity contribution < 1.29 is 4.74 Å². The molecule has 1 saturated heterocycles. The van der Waals surface area contributed by atoms with E-state index in [9.17, 15) is 0 Å². The first-order chi connectivity index (χ1) is 10.1. The summed E-state index contributed by atoms with van der Waals surface area (Å²) in [6, 6.07) is 9.56. The van der Waals surface area contributed by atoms with Gasteiger partial charge in [0.05, 0.1) is 18.8 Å². The van der Waals surface area contributed by atoms with Gasteiger partial charge in [0.2, 0.25) is 0 Å². The van der Waals surface area contributed by atoms with E-state index >= 15 is 0 Å². The van der Waals surface area contributed by atoms with E-state index in [1.54, 1.807) is 0 Å². The van der Waals surface area contributed by atoms with E-state index in [4.69, 9.17) is 10.5 Å². The van der Waals surface area contributed by atoms with Gasteiger partial charge in [-0.15, -0.1) is 0 Å². The summed E-state index contributed by atoms with van der Waals surface area (Å²) in [4.78, 5) is 2.59. The average Bonchev–Trinajstić information content (AvgIpc) is 2.49. The van der Waals surface area contributed by atoms with E-state index < -0.39 is 0 Å². The van der Waals surface area contributed by atoms with Gasteiger partial charge >= 0.3 is 0 Å². The molecular formula is C18H30N2O. The summed E-state index contributed by atoms with van der Waals surface area (Å²) >= 11 is 0. The molecule has 0 radical (unpaired) electrons. The first-order valence-electron chi connectivity index (χ1n) is 8.26. The summed E-state index contributed by atoms with van der Waals surface area (Å²) in [6.45, 7) is 10.5. The molecule has 1 heterocycles. The minimum Gasteiger partial charge on any atom is -0.376 e. The molecule has 1 aliphatic rings. The summed E-state index contributed by atoms with van der Waals surface area (Å²) < 4.78 is 5.86. The van der Waals surface area contributed by atoms with Gasteiger partial charge in [0.1, 0.15) is 0 Å². The van der Waals surface area contributed by atoms with E-state index in [0.29, 0.717) is 6.04 Å². The van der Waals surface area contributed by atoms with Crippen LogP contribution in [0.15, 0.2) is 24.3 Å². The summed E-state index contributed by atoms with van der Waals surface area (Å²) in [6.07, 6.45) is 2.37. The van der Waals surface area contributed by atoms with Crippen molar-refractivity contribution in [3.63, 3.8) is 0 Å². The van der Waals surface area contributed by atoms with Crippen LogP contribution in [0.3, 0.4) is 0 Å². The Morgan fingerprint density at radius 3 is 2.67 bits per heavy atom. The van der Waals surface area contributed by atoms with E-state index in [1.807, 2.05) is 0 Å². The fourth-order valence-electron chi connectivity index (χ4n) is 3.36. The Bertz CT molecular complexity index is 449. The average molecular weight is 290 g/mol. The molecule has 2 N–H and O–H groups in total. The predicted molar refractivity (Wildman–Crippen MR) is 88.4 cm³/mol. The van der Waals surface area contributed by atoms with Gasteiger partial charge in [0.15, 0.2) is 0 Å². The van der Waals surface area contributed by atoms with Gasteiger partial charge < -0.3 is 10.5 Å². The van der Waals surface area contributed by atoms with Crippen LogP contribution in [0.1, 0.15) is 50.8 Å². The molecule has 1 aromatic carbocycles. The van der Waals surface area contributed by atoms with Gasteiger partial charge in [-0.25, -0.2) is 0 Å². The Labute approximate surface area is 129 Å². The maximum atomic E-state index is 6.53. The first-order valence-corrected chi connectivity index (χ1v) is 8.26. The van der Waals surface area contributed by atoms with Gasteiger partial charge in [0.25, 0.3) is 0 Å². The Morgan fingerprint density at radius 2 is 2.05 bits per heavy atom. The lowest BCUT2D eigenvalue weighted by atomic mass is 9.90. The van der Waals surface area contributed by atoms with Crippen LogP contribution in [0, 0.1) is 6.92 Å². The Morgan fingerprint density at radius 1 is 1.33 bits per heavy atom. The maximum Gasteiger partial charge on any atom is 0.0675 e. The second kappa shape index (κ2) is 7.39. The third kappa shape index (κ3) is 3.65. The van der Waals surface area contributed by atoms with E-state index in [1.165, 1.54) is 11.1 Å². The van der Waals surface area contributed by atoms with Gasteiger partial charge in [0, 0.05) is 18.6 Å². The second-order valence-electron chi connectivity index (χ2n) is 6.28. The number of nitrogens with two attached hydrogens (primary N) is 1. The maximum absolute atomic E-state index is 6.53. The topological polar surface area (TPSA) is 38.5 Å². The molecule has 4 atom stereocenters. The second-order valence-corrected chi connectivity index (χ2v) is 6.28. The van der Waals surface area contributed by atoms with Crippen LogP contribution in [-0.2, 0) is 4.74 Å². The van der Waals surface area contributed by atoms with Crippen LogP contribution in [-0.4, -0.2) is 36.2 Å². The zero-order valence-electron chi connectivity index (χ0n) is 13.9. The number of morpholine rings is 1. The summed E-state index contributed by atoms with van der Waals surface area (Å²) in [5, 5.41) is 0. The third-order valence-corrected chi connectivity index (χ3v) is 4.72. The zero-order chi connectivity index (χ0) is 15.4. The molecule has 3 heteroatoms. The van der Waals surface area contributed by atoms with Crippen molar-refractivity contribution in [1.29, 1.82) is 0 Å². The molecule has 118 valence electrons. The molecule has 0 bridgehead atoms. The fourth-order valence-corrected chi connectivity index (χ4v) is 3.36. The number of nitrogens with zero attached hydrogens (tertiary/aromatic N) is 1. The third-order valence-electron chi connectivity index (χ3n) is 4.72. The van der Waals surface area contributed by atoms with Crippen LogP contribution in [0.5, 0.6) is 0 Å². The highest BCUT2D eigenvalue weighted by Crippen LogP contribution is 2.32. The van der Waals surface area contributed by atoms with Crippen LogP contribution in [0.4, 0.5) is 0 Å². The van der Waals surface area contributed by atoms with Gasteiger partial charge in [-0.3, -0.25) is 4.90 Å². The normalized spacial score (nSPS) is 26.5. The highest BCUT2D eigenvalue weighted by molar-refractivity contribution is 5.30. The van der Waals surface area contributed by atoms with E-state index in [-0.39, 0.29) is 18.2 Å². The molecule has 0 aliphatic carbocycles. The largest absolute Gasteiger partial charge is 0.376 e. The number of ether oxygens (including phenoxy) is 1. The summed E-state index contributed by atoms with van der Waals surface area (Å²) in [5.74, 6) is 0. The molecular weight excluding hydrogens is 260 g/mol. The fraction of sp³-hybridized carbons (Fsp3) is 0.667. The number of rotatable bonds is 5. The van der Waals surface area contributed by atoms with Crippen molar-refractivity contribution in [2.75, 3.05) is 13.2 Å². The van der Waals surface area contributed by atoms with Crippen molar-refractivity contribution in [1.82, 2.24) is 4.90 Å². The van der Waals surface area contributed by atoms with Gasteiger partial charge in [-0.2, -0.15) is 0 Å². The van der Waals surface area contributed by atoms with Gasteiger partial charge in [-0.05, 0) is 37.8 Å².